The number of rotatable bonds is 23. The summed E-state index contributed by atoms with van der Waals surface area (Å²) in [6, 6.07) is 36.8. The molecule has 0 aromatic heterocycles. The van der Waals surface area contributed by atoms with Gasteiger partial charge in [0, 0.05) is 38.4 Å². The van der Waals surface area contributed by atoms with Crippen LogP contribution in [0.2, 0.25) is 0 Å². The fourth-order valence-corrected chi connectivity index (χ4v) is 5.57. The fraction of sp³-hybridized carbons (Fsp3) is 0.375. The Morgan fingerprint density at radius 1 is 0.717 bits per heavy atom. The number of aliphatic hydroxyl groups is 1. The van der Waals surface area contributed by atoms with Crippen LogP contribution >= 0.6 is 0 Å². The Labute approximate surface area is 275 Å². The standard InChI is InChI=1S/C40H50N2O4/c43-33-41-29-38-28-37(23-24-40(38)46-32-36-21-10-5-11-22-36)39(44)31-42(30-35-19-8-4-9-20-35)25-13-1-2-14-26-45-27-15-12-18-34-16-6-3-7-17-34/h3-11,16-17,19-24,28,33,39,44H,1-2,12-15,18,25-27,29-32H2,(H,41,43). The highest BCUT2D eigenvalue weighted by molar-refractivity contribution is 5.48. The van der Waals surface area contributed by atoms with Gasteiger partial charge in [-0.15, -0.1) is 0 Å². The molecule has 0 radical (unpaired) electrons. The molecule has 6 heteroatoms. The SMILES string of the molecule is O=CNCc1cc(C(O)CN(CCCCCCOCCCCc2ccccc2)Cc2ccccc2)ccc1OCc1ccccc1. The van der Waals surface area contributed by atoms with Gasteiger partial charge in [-0.2, -0.15) is 0 Å². The molecule has 6 nitrogen and oxygen atoms in total. The molecule has 0 aliphatic rings. The highest BCUT2D eigenvalue weighted by Gasteiger charge is 2.16. The number of unbranched alkanes of at least 4 members (excludes halogenated alkanes) is 4. The predicted molar refractivity (Wildman–Crippen MR) is 185 cm³/mol. The Kier molecular flexibility index (Phi) is 15.9. The average Bonchev–Trinajstić information content (AvgIpc) is 3.10. The minimum absolute atomic E-state index is 0.333. The molecular weight excluding hydrogens is 572 g/mol. The van der Waals surface area contributed by atoms with Gasteiger partial charge in [-0.05, 0) is 73.0 Å². The number of ether oxygens (including phenoxy) is 2. The Bertz CT molecular complexity index is 1370. The van der Waals surface area contributed by atoms with Crippen LogP contribution in [0.1, 0.15) is 72.4 Å². The maximum atomic E-state index is 11.4. The van der Waals surface area contributed by atoms with Crippen LogP contribution in [0.3, 0.4) is 0 Å². The first-order chi connectivity index (χ1) is 22.7. The number of hydrogen-bond acceptors (Lipinski definition) is 5. The molecule has 4 rings (SSSR count). The summed E-state index contributed by atoms with van der Waals surface area (Å²) in [6.45, 7) is 4.63. The van der Waals surface area contributed by atoms with Crippen molar-refractivity contribution in [1.29, 1.82) is 0 Å². The second-order valence-corrected chi connectivity index (χ2v) is 11.8. The molecule has 0 heterocycles. The van der Waals surface area contributed by atoms with Crippen molar-refractivity contribution in [2.75, 3.05) is 26.3 Å². The average molecular weight is 623 g/mol. The van der Waals surface area contributed by atoms with Crippen molar-refractivity contribution in [3.05, 3.63) is 137 Å². The van der Waals surface area contributed by atoms with E-state index >= 15 is 0 Å². The third kappa shape index (κ3) is 13.2. The van der Waals surface area contributed by atoms with Crippen LogP contribution in [0.5, 0.6) is 5.75 Å². The largest absolute Gasteiger partial charge is 0.489 e. The molecule has 0 bridgehead atoms. The van der Waals surface area contributed by atoms with Crippen LogP contribution in [0.25, 0.3) is 0 Å². The van der Waals surface area contributed by atoms with Gasteiger partial charge in [-0.1, -0.05) is 110 Å². The van der Waals surface area contributed by atoms with Crippen LogP contribution in [-0.2, 0) is 35.6 Å². The zero-order chi connectivity index (χ0) is 32.1. The molecule has 0 spiro atoms. The maximum Gasteiger partial charge on any atom is 0.207 e. The molecule has 0 aliphatic carbocycles. The van der Waals surface area contributed by atoms with Crippen molar-refractivity contribution in [3.8, 4) is 5.75 Å². The van der Waals surface area contributed by atoms with Crippen molar-refractivity contribution >= 4 is 6.41 Å². The minimum Gasteiger partial charge on any atom is -0.489 e. The van der Waals surface area contributed by atoms with E-state index in [4.69, 9.17) is 9.47 Å². The van der Waals surface area contributed by atoms with Crippen molar-refractivity contribution < 1.29 is 19.4 Å². The van der Waals surface area contributed by atoms with E-state index < -0.39 is 6.10 Å². The lowest BCUT2D eigenvalue weighted by Crippen LogP contribution is -2.29. The highest BCUT2D eigenvalue weighted by atomic mass is 16.5. The molecule has 46 heavy (non-hydrogen) atoms. The summed E-state index contributed by atoms with van der Waals surface area (Å²) in [5.41, 5.74) is 5.35. The molecule has 4 aromatic carbocycles. The van der Waals surface area contributed by atoms with Crippen molar-refractivity contribution in [1.82, 2.24) is 10.2 Å². The Morgan fingerprint density at radius 2 is 1.35 bits per heavy atom. The molecule has 0 fully saturated rings. The summed E-state index contributed by atoms with van der Waals surface area (Å²) in [7, 11) is 0. The van der Waals surface area contributed by atoms with Crippen LogP contribution in [0, 0.1) is 0 Å². The first kappa shape index (κ1) is 34.9. The number of carbonyl (C=O) groups excluding carboxylic acids is 1. The lowest BCUT2D eigenvalue weighted by atomic mass is 10.0. The maximum absolute atomic E-state index is 11.4. The van der Waals surface area contributed by atoms with Gasteiger partial charge in [-0.25, -0.2) is 0 Å². The molecule has 1 atom stereocenters. The smallest absolute Gasteiger partial charge is 0.207 e. The van der Waals surface area contributed by atoms with Crippen molar-refractivity contribution in [2.24, 2.45) is 0 Å². The van der Waals surface area contributed by atoms with Gasteiger partial charge in [0.05, 0.1) is 6.10 Å². The number of amides is 1. The van der Waals surface area contributed by atoms with Gasteiger partial charge in [0.25, 0.3) is 0 Å². The van der Waals surface area contributed by atoms with E-state index in [1.807, 2.05) is 54.6 Å². The van der Waals surface area contributed by atoms with Gasteiger partial charge < -0.3 is 19.9 Å². The third-order valence-electron chi connectivity index (χ3n) is 8.12. The highest BCUT2D eigenvalue weighted by Crippen LogP contribution is 2.26. The van der Waals surface area contributed by atoms with E-state index in [0.29, 0.717) is 31.9 Å². The summed E-state index contributed by atoms with van der Waals surface area (Å²) in [4.78, 5) is 13.4. The van der Waals surface area contributed by atoms with Gasteiger partial charge in [0.1, 0.15) is 12.4 Å². The number of aliphatic hydroxyl groups excluding tert-OH is 1. The lowest BCUT2D eigenvalue weighted by molar-refractivity contribution is -0.109. The molecule has 2 N–H and O–H groups in total. The normalized spacial score (nSPS) is 11.8. The second kappa shape index (κ2) is 20.9. The summed E-state index contributed by atoms with van der Waals surface area (Å²) in [6.07, 6.45) is 7.82. The summed E-state index contributed by atoms with van der Waals surface area (Å²) >= 11 is 0. The third-order valence-corrected chi connectivity index (χ3v) is 8.12. The first-order valence-corrected chi connectivity index (χ1v) is 16.7. The van der Waals surface area contributed by atoms with Gasteiger partial charge in [0.15, 0.2) is 0 Å². The summed E-state index contributed by atoms with van der Waals surface area (Å²) < 4.78 is 12.0. The van der Waals surface area contributed by atoms with E-state index in [2.05, 4.69) is 64.8 Å². The van der Waals surface area contributed by atoms with Crippen LogP contribution in [-0.4, -0.2) is 42.7 Å². The van der Waals surface area contributed by atoms with Crippen LogP contribution < -0.4 is 10.1 Å². The molecule has 0 saturated heterocycles. The predicted octanol–water partition coefficient (Wildman–Crippen LogP) is 7.65. The molecular formula is C40H50N2O4. The van der Waals surface area contributed by atoms with Crippen LogP contribution in [0.15, 0.2) is 109 Å². The quantitative estimate of drug-likeness (QED) is 0.0657. The zero-order valence-electron chi connectivity index (χ0n) is 27.1. The number of benzene rings is 4. The van der Waals surface area contributed by atoms with E-state index in [9.17, 15) is 9.90 Å². The Hall–Kier alpha value is -3.97. The Morgan fingerprint density at radius 3 is 2.04 bits per heavy atom. The molecule has 244 valence electrons. The molecule has 0 aliphatic heterocycles. The zero-order valence-corrected chi connectivity index (χ0v) is 27.1. The topological polar surface area (TPSA) is 71.0 Å². The van der Waals surface area contributed by atoms with E-state index in [0.717, 1.165) is 87.9 Å². The summed E-state index contributed by atoms with van der Waals surface area (Å²) in [5.74, 6) is 0.700. The molecule has 1 amide bonds. The van der Waals surface area contributed by atoms with Gasteiger partial charge in [0.2, 0.25) is 6.41 Å². The number of nitrogens with zero attached hydrogens (tertiary/aromatic N) is 1. The monoisotopic (exact) mass is 622 g/mol. The van der Waals surface area contributed by atoms with Gasteiger partial charge >= 0.3 is 0 Å². The van der Waals surface area contributed by atoms with E-state index in [1.165, 1.54) is 11.1 Å². The van der Waals surface area contributed by atoms with E-state index in [1.54, 1.807) is 0 Å². The second-order valence-electron chi connectivity index (χ2n) is 11.8. The number of carbonyl (C=O) groups is 1. The number of aryl methyl sites for hydroxylation is 1. The lowest BCUT2D eigenvalue weighted by Gasteiger charge is -2.26. The molecule has 4 aromatic rings. The minimum atomic E-state index is -0.669. The van der Waals surface area contributed by atoms with E-state index in [-0.39, 0.29) is 0 Å². The van der Waals surface area contributed by atoms with Crippen molar-refractivity contribution in [3.63, 3.8) is 0 Å². The first-order valence-electron chi connectivity index (χ1n) is 16.7. The summed E-state index contributed by atoms with van der Waals surface area (Å²) in [5, 5.41) is 14.1. The number of nitrogens with one attached hydrogen (secondary N) is 1. The molecule has 0 saturated carbocycles. The molecule has 1 unspecified atom stereocenters. The van der Waals surface area contributed by atoms with Crippen molar-refractivity contribution in [2.45, 2.75) is 70.7 Å². The fourth-order valence-electron chi connectivity index (χ4n) is 5.57. The van der Waals surface area contributed by atoms with Crippen LogP contribution in [0.4, 0.5) is 0 Å². The van der Waals surface area contributed by atoms with Gasteiger partial charge in [-0.3, -0.25) is 9.69 Å². The Balaban J connectivity index is 1.22. The number of hydrogen-bond donors (Lipinski definition) is 2.